The highest BCUT2D eigenvalue weighted by molar-refractivity contribution is 5.73. The van der Waals surface area contributed by atoms with Crippen molar-refractivity contribution < 1.29 is 9.53 Å². The van der Waals surface area contributed by atoms with Crippen molar-refractivity contribution >= 4 is 5.91 Å². The molecule has 1 amide bonds. The predicted octanol–water partition coefficient (Wildman–Crippen LogP) is 3.86. The zero-order valence-corrected chi connectivity index (χ0v) is 16.5. The van der Waals surface area contributed by atoms with Crippen LogP contribution in [0.4, 0.5) is 0 Å². The van der Waals surface area contributed by atoms with Crippen molar-refractivity contribution in [2.75, 3.05) is 26.2 Å². The van der Waals surface area contributed by atoms with E-state index in [4.69, 9.17) is 4.74 Å². The van der Waals surface area contributed by atoms with E-state index in [-0.39, 0.29) is 12.0 Å². The molecule has 3 aliphatic rings. The lowest BCUT2D eigenvalue weighted by Crippen LogP contribution is -2.47. The molecule has 0 unspecified atom stereocenters. The first-order valence-electron chi connectivity index (χ1n) is 10.6. The maximum Gasteiger partial charge on any atom is 0.219 e. The highest BCUT2D eigenvalue weighted by Gasteiger charge is 2.33. The Morgan fingerprint density at radius 2 is 2.07 bits per heavy atom. The lowest BCUT2D eigenvalue weighted by Gasteiger charge is -2.39. The Morgan fingerprint density at radius 3 is 2.89 bits per heavy atom. The second-order valence-electron chi connectivity index (χ2n) is 8.48. The molecule has 1 fully saturated rings. The molecule has 27 heavy (non-hydrogen) atoms. The molecule has 4 rings (SSSR count). The second kappa shape index (κ2) is 8.47. The first kappa shape index (κ1) is 18.5. The molecule has 1 saturated heterocycles. The molecule has 0 saturated carbocycles. The minimum Gasteiger partial charge on any atom is -0.488 e. The Bertz CT molecular complexity index is 687. The van der Waals surface area contributed by atoms with Gasteiger partial charge in [0.1, 0.15) is 11.9 Å². The SMILES string of the molecule is CC(=O)N1Cc2ccccc2O[C@H]([C@@H]2CCCN(C[C@@H]3CC=CCC3)C2)C1. The summed E-state index contributed by atoms with van der Waals surface area (Å²) >= 11 is 0. The summed E-state index contributed by atoms with van der Waals surface area (Å²) in [5.41, 5.74) is 1.12. The number of fused-ring (bicyclic) bond motifs is 1. The van der Waals surface area contributed by atoms with E-state index in [0.29, 0.717) is 19.0 Å². The van der Waals surface area contributed by atoms with Crippen molar-refractivity contribution in [1.82, 2.24) is 9.80 Å². The predicted molar refractivity (Wildman–Crippen MR) is 108 cm³/mol. The number of hydrogen-bond donors (Lipinski definition) is 0. The standard InChI is InChI=1S/C23H32N2O2/c1-18(26)25-16-21-10-5-6-12-22(21)27-23(17-25)20-11-7-13-24(15-20)14-19-8-3-2-4-9-19/h2-3,5-6,10,12,19-20,23H,4,7-9,11,13-17H2,1H3/t19-,20-,23+/m1/s1. The Balaban J connectivity index is 1.45. The largest absolute Gasteiger partial charge is 0.488 e. The number of amides is 1. The quantitative estimate of drug-likeness (QED) is 0.760. The molecule has 2 aliphatic heterocycles. The lowest BCUT2D eigenvalue weighted by atomic mass is 9.89. The third-order valence-corrected chi connectivity index (χ3v) is 6.42. The van der Waals surface area contributed by atoms with Gasteiger partial charge in [0.2, 0.25) is 5.91 Å². The Labute approximate surface area is 163 Å². The number of para-hydroxylation sites is 1. The van der Waals surface area contributed by atoms with Crippen LogP contribution in [0, 0.1) is 11.8 Å². The van der Waals surface area contributed by atoms with E-state index in [1.807, 2.05) is 17.0 Å². The van der Waals surface area contributed by atoms with E-state index in [0.717, 1.165) is 23.8 Å². The molecule has 1 aromatic carbocycles. The number of benzene rings is 1. The summed E-state index contributed by atoms with van der Waals surface area (Å²) in [4.78, 5) is 16.8. The summed E-state index contributed by atoms with van der Waals surface area (Å²) < 4.78 is 6.48. The molecule has 2 heterocycles. The number of ether oxygens (including phenoxy) is 1. The van der Waals surface area contributed by atoms with Gasteiger partial charge < -0.3 is 14.5 Å². The minimum absolute atomic E-state index is 0.0894. The van der Waals surface area contributed by atoms with Crippen LogP contribution in [0.25, 0.3) is 0 Å². The number of carbonyl (C=O) groups excluding carboxylic acids is 1. The van der Waals surface area contributed by atoms with Crippen LogP contribution in [0.3, 0.4) is 0 Å². The average Bonchev–Trinajstić information content (AvgIpc) is 2.89. The van der Waals surface area contributed by atoms with Crippen molar-refractivity contribution in [3.05, 3.63) is 42.0 Å². The monoisotopic (exact) mass is 368 g/mol. The highest BCUT2D eigenvalue weighted by atomic mass is 16.5. The van der Waals surface area contributed by atoms with Crippen LogP contribution in [0.5, 0.6) is 5.75 Å². The van der Waals surface area contributed by atoms with Gasteiger partial charge in [-0.05, 0) is 50.6 Å². The second-order valence-corrected chi connectivity index (χ2v) is 8.48. The summed E-state index contributed by atoms with van der Waals surface area (Å²) in [5, 5.41) is 0. The third kappa shape index (κ3) is 4.55. The van der Waals surface area contributed by atoms with Crippen LogP contribution in [0.1, 0.15) is 44.6 Å². The Morgan fingerprint density at radius 1 is 1.19 bits per heavy atom. The Kier molecular flexibility index (Phi) is 5.82. The topological polar surface area (TPSA) is 32.8 Å². The number of allylic oxidation sites excluding steroid dienone is 2. The van der Waals surface area contributed by atoms with Gasteiger partial charge in [-0.2, -0.15) is 0 Å². The molecule has 0 aromatic heterocycles. The fourth-order valence-corrected chi connectivity index (χ4v) is 4.87. The maximum absolute atomic E-state index is 12.2. The molecule has 1 aromatic rings. The summed E-state index contributed by atoms with van der Waals surface area (Å²) in [6, 6.07) is 8.20. The number of likely N-dealkylation sites (tertiary alicyclic amines) is 1. The minimum atomic E-state index is 0.0894. The number of piperidine rings is 1. The molecule has 0 spiro atoms. The summed E-state index contributed by atoms with van der Waals surface area (Å²) in [7, 11) is 0. The maximum atomic E-state index is 12.2. The van der Waals surface area contributed by atoms with Crippen LogP contribution in [-0.2, 0) is 11.3 Å². The fourth-order valence-electron chi connectivity index (χ4n) is 4.87. The van der Waals surface area contributed by atoms with Gasteiger partial charge in [-0.1, -0.05) is 30.4 Å². The van der Waals surface area contributed by atoms with Crippen molar-refractivity contribution in [3.63, 3.8) is 0 Å². The van der Waals surface area contributed by atoms with E-state index in [1.54, 1.807) is 6.92 Å². The number of rotatable bonds is 3. The average molecular weight is 369 g/mol. The van der Waals surface area contributed by atoms with Crippen molar-refractivity contribution in [3.8, 4) is 5.75 Å². The molecule has 146 valence electrons. The molecular formula is C23H32N2O2. The van der Waals surface area contributed by atoms with Gasteiger partial charge in [0.05, 0.1) is 6.54 Å². The summed E-state index contributed by atoms with van der Waals surface area (Å²) in [6.45, 7) is 6.55. The van der Waals surface area contributed by atoms with E-state index < -0.39 is 0 Å². The van der Waals surface area contributed by atoms with Gasteiger partial charge in [0.25, 0.3) is 0 Å². The van der Waals surface area contributed by atoms with Crippen molar-refractivity contribution in [1.29, 1.82) is 0 Å². The van der Waals surface area contributed by atoms with Crippen LogP contribution in [-0.4, -0.2) is 48.0 Å². The molecule has 0 radical (unpaired) electrons. The third-order valence-electron chi connectivity index (χ3n) is 6.42. The first-order chi connectivity index (χ1) is 13.2. The number of nitrogens with zero attached hydrogens (tertiary/aromatic N) is 2. The molecule has 1 aliphatic carbocycles. The van der Waals surface area contributed by atoms with E-state index in [2.05, 4.69) is 29.2 Å². The fraction of sp³-hybridized carbons (Fsp3) is 0.609. The molecule has 4 nitrogen and oxygen atoms in total. The van der Waals surface area contributed by atoms with Gasteiger partial charge in [-0.3, -0.25) is 4.79 Å². The highest BCUT2D eigenvalue weighted by Crippen LogP contribution is 2.31. The van der Waals surface area contributed by atoms with E-state index in [1.165, 1.54) is 45.2 Å². The van der Waals surface area contributed by atoms with Gasteiger partial charge in [0.15, 0.2) is 0 Å². The molecule has 0 bridgehead atoms. The zero-order valence-electron chi connectivity index (χ0n) is 16.5. The van der Waals surface area contributed by atoms with E-state index >= 15 is 0 Å². The van der Waals surface area contributed by atoms with Crippen LogP contribution in [0.15, 0.2) is 36.4 Å². The van der Waals surface area contributed by atoms with Crippen LogP contribution < -0.4 is 4.74 Å². The van der Waals surface area contributed by atoms with E-state index in [9.17, 15) is 4.79 Å². The molecule has 4 heteroatoms. The number of carbonyl (C=O) groups is 1. The lowest BCUT2D eigenvalue weighted by molar-refractivity contribution is -0.130. The Hall–Kier alpha value is -1.81. The molecular weight excluding hydrogens is 336 g/mol. The normalized spacial score (nSPS) is 28.9. The van der Waals surface area contributed by atoms with Gasteiger partial charge in [0, 0.05) is 38.0 Å². The molecule has 3 atom stereocenters. The molecule has 0 N–H and O–H groups in total. The number of hydrogen-bond acceptors (Lipinski definition) is 3. The van der Waals surface area contributed by atoms with Crippen LogP contribution >= 0.6 is 0 Å². The smallest absolute Gasteiger partial charge is 0.219 e. The summed E-state index contributed by atoms with van der Waals surface area (Å²) in [5.74, 6) is 2.40. The summed E-state index contributed by atoms with van der Waals surface area (Å²) in [6.07, 6.45) is 11.0. The van der Waals surface area contributed by atoms with Crippen molar-refractivity contribution in [2.24, 2.45) is 11.8 Å². The van der Waals surface area contributed by atoms with Gasteiger partial charge in [-0.25, -0.2) is 0 Å². The van der Waals surface area contributed by atoms with Gasteiger partial charge in [-0.15, -0.1) is 0 Å². The van der Waals surface area contributed by atoms with Gasteiger partial charge >= 0.3 is 0 Å². The van der Waals surface area contributed by atoms with Crippen LogP contribution in [0.2, 0.25) is 0 Å². The first-order valence-corrected chi connectivity index (χ1v) is 10.6. The zero-order chi connectivity index (χ0) is 18.6. The van der Waals surface area contributed by atoms with Crippen molar-refractivity contribution in [2.45, 2.75) is 51.7 Å².